The maximum absolute atomic E-state index is 11.7. The van der Waals surface area contributed by atoms with Crippen LogP contribution in [0.3, 0.4) is 0 Å². The highest BCUT2D eigenvalue weighted by atomic mass is 16.5. The van der Waals surface area contributed by atoms with Gasteiger partial charge in [0.2, 0.25) is 0 Å². The zero-order valence-corrected chi connectivity index (χ0v) is 12.4. The topological polar surface area (TPSA) is 39.2 Å². The third-order valence-electron chi connectivity index (χ3n) is 3.18. The third kappa shape index (κ3) is 4.88. The van der Waals surface area contributed by atoms with Gasteiger partial charge in [-0.3, -0.25) is 4.98 Å². The van der Waals surface area contributed by atoms with Crippen molar-refractivity contribution in [3.8, 4) is 0 Å². The van der Waals surface area contributed by atoms with Gasteiger partial charge in [0.05, 0.1) is 6.61 Å². The molecule has 0 aliphatic carbocycles. The van der Waals surface area contributed by atoms with Crippen molar-refractivity contribution >= 4 is 12.0 Å². The number of aromatic nitrogens is 1. The van der Waals surface area contributed by atoms with Crippen molar-refractivity contribution in [3.05, 3.63) is 71.1 Å². The lowest BCUT2D eigenvalue weighted by molar-refractivity contribution is -0.137. The van der Waals surface area contributed by atoms with Gasteiger partial charge in [0.1, 0.15) is 0 Å². The van der Waals surface area contributed by atoms with Crippen LogP contribution in [0.25, 0.3) is 6.08 Å². The maximum atomic E-state index is 11.7. The molecule has 1 heterocycles. The van der Waals surface area contributed by atoms with E-state index in [1.54, 1.807) is 18.5 Å². The van der Waals surface area contributed by atoms with Gasteiger partial charge in [-0.1, -0.05) is 29.8 Å². The van der Waals surface area contributed by atoms with Gasteiger partial charge in [0.15, 0.2) is 0 Å². The number of carbonyl (C=O) groups excluding carboxylic acids is 1. The fourth-order valence-corrected chi connectivity index (χ4v) is 2.03. The lowest BCUT2D eigenvalue weighted by Gasteiger charge is -2.03. The molecule has 0 spiro atoms. The van der Waals surface area contributed by atoms with Crippen molar-refractivity contribution < 1.29 is 9.53 Å². The van der Waals surface area contributed by atoms with Crippen LogP contribution in [0.2, 0.25) is 0 Å². The number of ether oxygens (including phenoxy) is 1. The Morgan fingerprint density at radius 1 is 1.29 bits per heavy atom. The highest BCUT2D eigenvalue weighted by molar-refractivity contribution is 5.87. The van der Waals surface area contributed by atoms with Crippen LogP contribution < -0.4 is 0 Å². The Balaban J connectivity index is 1.82. The van der Waals surface area contributed by atoms with E-state index in [0.717, 1.165) is 16.7 Å². The van der Waals surface area contributed by atoms with Crippen LogP contribution in [0.5, 0.6) is 0 Å². The molecule has 0 N–H and O–H groups in total. The zero-order chi connectivity index (χ0) is 15.1. The fraction of sp³-hybridized carbons (Fsp3) is 0.222. The lowest BCUT2D eigenvalue weighted by Crippen LogP contribution is -2.04. The maximum Gasteiger partial charge on any atom is 0.330 e. The van der Waals surface area contributed by atoms with Crippen molar-refractivity contribution in [1.82, 2.24) is 4.98 Å². The first kappa shape index (κ1) is 15.0. The minimum absolute atomic E-state index is 0.320. The molecule has 0 unspecified atom stereocenters. The van der Waals surface area contributed by atoms with Crippen LogP contribution in [-0.4, -0.2) is 17.6 Å². The largest absolute Gasteiger partial charge is 0.462 e. The second-order valence-electron chi connectivity index (χ2n) is 4.97. The fourth-order valence-electron chi connectivity index (χ4n) is 2.03. The van der Waals surface area contributed by atoms with Crippen molar-refractivity contribution in [2.75, 3.05) is 6.61 Å². The van der Waals surface area contributed by atoms with Gasteiger partial charge in [-0.2, -0.15) is 0 Å². The second kappa shape index (κ2) is 7.39. The summed E-state index contributed by atoms with van der Waals surface area (Å²) in [7, 11) is 0. The Morgan fingerprint density at radius 2 is 2.14 bits per heavy atom. The predicted octanol–water partition coefficient (Wildman–Crippen LogP) is 3.50. The van der Waals surface area contributed by atoms with Crippen LogP contribution in [0.4, 0.5) is 0 Å². The normalized spacial score (nSPS) is 10.8. The van der Waals surface area contributed by atoms with Crippen LogP contribution in [-0.2, 0) is 16.0 Å². The van der Waals surface area contributed by atoms with Crippen LogP contribution >= 0.6 is 0 Å². The SMILES string of the molecule is Cc1ccc(/C=C/C(=O)OCCc2cccnc2)c(C)c1. The van der Waals surface area contributed by atoms with Crippen LogP contribution in [0.15, 0.2) is 48.8 Å². The summed E-state index contributed by atoms with van der Waals surface area (Å²) in [6.07, 6.45) is 7.45. The first-order valence-corrected chi connectivity index (χ1v) is 6.96. The number of benzene rings is 1. The van der Waals surface area contributed by atoms with E-state index in [1.807, 2.05) is 38.1 Å². The molecule has 0 amide bonds. The molecule has 0 aliphatic heterocycles. The quantitative estimate of drug-likeness (QED) is 0.622. The van der Waals surface area contributed by atoms with E-state index in [4.69, 9.17) is 4.74 Å². The molecule has 108 valence electrons. The summed E-state index contributed by atoms with van der Waals surface area (Å²) in [5.74, 6) is -0.320. The van der Waals surface area contributed by atoms with Gasteiger partial charge in [-0.05, 0) is 42.7 Å². The number of aryl methyl sites for hydroxylation is 2. The van der Waals surface area contributed by atoms with Crippen molar-refractivity contribution in [2.24, 2.45) is 0 Å². The number of pyridine rings is 1. The van der Waals surface area contributed by atoms with E-state index in [2.05, 4.69) is 11.1 Å². The molecule has 0 aliphatic rings. The van der Waals surface area contributed by atoms with E-state index in [1.165, 1.54) is 11.6 Å². The number of nitrogens with zero attached hydrogens (tertiary/aromatic N) is 1. The molecule has 1 aromatic heterocycles. The second-order valence-corrected chi connectivity index (χ2v) is 4.97. The minimum Gasteiger partial charge on any atom is -0.462 e. The number of esters is 1. The Bertz CT molecular complexity index is 633. The highest BCUT2D eigenvalue weighted by Crippen LogP contribution is 2.12. The van der Waals surface area contributed by atoms with Gasteiger partial charge in [0, 0.05) is 24.9 Å². The van der Waals surface area contributed by atoms with Gasteiger partial charge in [-0.25, -0.2) is 4.79 Å². The van der Waals surface area contributed by atoms with E-state index >= 15 is 0 Å². The number of carbonyl (C=O) groups is 1. The Morgan fingerprint density at radius 3 is 2.86 bits per heavy atom. The third-order valence-corrected chi connectivity index (χ3v) is 3.18. The summed E-state index contributed by atoms with van der Waals surface area (Å²) < 4.78 is 5.18. The van der Waals surface area contributed by atoms with Gasteiger partial charge in [0.25, 0.3) is 0 Å². The molecule has 0 bridgehead atoms. The van der Waals surface area contributed by atoms with Gasteiger partial charge in [-0.15, -0.1) is 0 Å². The molecular formula is C18H19NO2. The molecular weight excluding hydrogens is 262 g/mol. The first-order valence-electron chi connectivity index (χ1n) is 6.96. The summed E-state index contributed by atoms with van der Waals surface area (Å²) in [5.41, 5.74) is 4.45. The average molecular weight is 281 g/mol. The van der Waals surface area contributed by atoms with Gasteiger partial charge >= 0.3 is 5.97 Å². The molecule has 0 radical (unpaired) electrons. The Hall–Kier alpha value is -2.42. The first-order chi connectivity index (χ1) is 10.1. The summed E-state index contributed by atoms with van der Waals surface area (Å²) >= 11 is 0. The summed E-state index contributed by atoms with van der Waals surface area (Å²) in [4.78, 5) is 15.7. The average Bonchev–Trinajstić information content (AvgIpc) is 2.47. The molecule has 0 saturated heterocycles. The number of rotatable bonds is 5. The highest BCUT2D eigenvalue weighted by Gasteiger charge is 2.00. The molecule has 2 rings (SSSR count). The molecule has 1 aromatic carbocycles. The van der Waals surface area contributed by atoms with E-state index in [9.17, 15) is 4.79 Å². The summed E-state index contributed by atoms with van der Waals surface area (Å²) in [6, 6.07) is 9.96. The van der Waals surface area contributed by atoms with Crippen LogP contribution in [0.1, 0.15) is 22.3 Å². The lowest BCUT2D eigenvalue weighted by atomic mass is 10.1. The van der Waals surface area contributed by atoms with Gasteiger partial charge < -0.3 is 4.74 Å². The molecule has 0 saturated carbocycles. The number of hydrogen-bond donors (Lipinski definition) is 0. The van der Waals surface area contributed by atoms with E-state index in [-0.39, 0.29) is 5.97 Å². The smallest absolute Gasteiger partial charge is 0.330 e. The summed E-state index contributed by atoms with van der Waals surface area (Å²) in [6.45, 7) is 4.44. The number of hydrogen-bond acceptors (Lipinski definition) is 3. The molecule has 3 heteroatoms. The minimum atomic E-state index is -0.320. The molecule has 0 fully saturated rings. The zero-order valence-electron chi connectivity index (χ0n) is 12.4. The standard InChI is InChI=1S/C18H19NO2/c1-14-5-6-17(15(2)12-14)7-8-18(20)21-11-9-16-4-3-10-19-13-16/h3-8,10,12-13H,9,11H2,1-2H3/b8-7+. The Kier molecular flexibility index (Phi) is 5.27. The van der Waals surface area contributed by atoms with Crippen molar-refractivity contribution in [1.29, 1.82) is 0 Å². The predicted molar refractivity (Wildman–Crippen MR) is 83.9 cm³/mol. The molecule has 21 heavy (non-hydrogen) atoms. The van der Waals surface area contributed by atoms with E-state index < -0.39 is 0 Å². The summed E-state index contributed by atoms with van der Waals surface area (Å²) in [5, 5.41) is 0. The van der Waals surface area contributed by atoms with Crippen molar-refractivity contribution in [3.63, 3.8) is 0 Å². The monoisotopic (exact) mass is 281 g/mol. The Labute approximate surface area is 125 Å². The van der Waals surface area contributed by atoms with Crippen molar-refractivity contribution in [2.45, 2.75) is 20.3 Å². The molecule has 3 nitrogen and oxygen atoms in total. The molecule has 0 atom stereocenters. The van der Waals surface area contributed by atoms with E-state index in [0.29, 0.717) is 13.0 Å². The molecule has 2 aromatic rings. The van der Waals surface area contributed by atoms with Crippen LogP contribution in [0, 0.1) is 13.8 Å².